The zero-order valence-corrected chi connectivity index (χ0v) is 13.3. The van der Waals surface area contributed by atoms with Gasteiger partial charge in [0.25, 0.3) is 0 Å². The molecule has 1 aromatic heterocycles. The lowest BCUT2D eigenvalue weighted by molar-refractivity contribution is 0.689. The van der Waals surface area contributed by atoms with Crippen molar-refractivity contribution in [1.82, 2.24) is 9.78 Å². The molecule has 1 heterocycles. The molecular formula is C17H16BrN3. The minimum atomic E-state index is 0.704. The number of hydrogen-bond acceptors (Lipinski definition) is 2. The molecule has 2 N–H and O–H groups in total. The molecule has 0 radical (unpaired) electrons. The van der Waals surface area contributed by atoms with E-state index in [1.165, 1.54) is 11.1 Å². The average molecular weight is 342 g/mol. The van der Waals surface area contributed by atoms with Gasteiger partial charge in [0.1, 0.15) is 5.69 Å². The summed E-state index contributed by atoms with van der Waals surface area (Å²) in [6, 6.07) is 16.4. The Labute approximate surface area is 132 Å². The molecule has 0 spiro atoms. The predicted molar refractivity (Wildman–Crippen MR) is 90.1 cm³/mol. The molecule has 3 aromatic rings. The molecule has 3 rings (SSSR count). The van der Waals surface area contributed by atoms with Crippen molar-refractivity contribution in [1.29, 1.82) is 0 Å². The zero-order chi connectivity index (χ0) is 14.8. The topological polar surface area (TPSA) is 43.8 Å². The molecule has 0 aliphatic carbocycles. The number of nitrogens with zero attached hydrogens (tertiary/aromatic N) is 2. The second-order valence-electron chi connectivity index (χ2n) is 5.08. The van der Waals surface area contributed by atoms with Gasteiger partial charge in [0.15, 0.2) is 0 Å². The number of anilines is 1. The van der Waals surface area contributed by atoms with E-state index in [1.54, 1.807) is 0 Å². The van der Waals surface area contributed by atoms with Crippen LogP contribution in [0.4, 0.5) is 5.69 Å². The van der Waals surface area contributed by atoms with Gasteiger partial charge in [0.05, 0.1) is 12.2 Å². The summed E-state index contributed by atoms with van der Waals surface area (Å²) in [5.74, 6) is 0. The van der Waals surface area contributed by atoms with Crippen molar-refractivity contribution in [3.8, 4) is 11.3 Å². The molecule has 106 valence electrons. The monoisotopic (exact) mass is 341 g/mol. The molecule has 0 saturated carbocycles. The molecule has 0 aliphatic rings. The third kappa shape index (κ3) is 3.00. The molecule has 0 bridgehead atoms. The number of aryl methyl sites for hydroxylation is 1. The van der Waals surface area contributed by atoms with Gasteiger partial charge in [0.2, 0.25) is 0 Å². The van der Waals surface area contributed by atoms with Crippen LogP contribution in [0.3, 0.4) is 0 Å². The van der Waals surface area contributed by atoms with Crippen molar-refractivity contribution >= 4 is 21.6 Å². The van der Waals surface area contributed by atoms with Gasteiger partial charge < -0.3 is 5.73 Å². The number of nitrogens with two attached hydrogens (primary N) is 1. The fraction of sp³-hybridized carbons (Fsp3) is 0.118. The van der Waals surface area contributed by atoms with E-state index in [0.717, 1.165) is 15.7 Å². The molecule has 2 aromatic carbocycles. The van der Waals surface area contributed by atoms with Gasteiger partial charge >= 0.3 is 0 Å². The van der Waals surface area contributed by atoms with Crippen molar-refractivity contribution < 1.29 is 0 Å². The maximum atomic E-state index is 6.13. The second kappa shape index (κ2) is 5.74. The Hall–Kier alpha value is -2.07. The number of rotatable bonds is 3. The molecule has 0 unspecified atom stereocenters. The van der Waals surface area contributed by atoms with Gasteiger partial charge in [-0.1, -0.05) is 52.3 Å². The molecular weight excluding hydrogens is 326 g/mol. The van der Waals surface area contributed by atoms with Crippen LogP contribution in [-0.2, 0) is 6.54 Å². The third-order valence-corrected chi connectivity index (χ3v) is 3.92. The highest BCUT2D eigenvalue weighted by Crippen LogP contribution is 2.27. The van der Waals surface area contributed by atoms with Gasteiger partial charge in [-0.05, 0) is 30.2 Å². The van der Waals surface area contributed by atoms with Crippen LogP contribution in [0.15, 0.2) is 59.2 Å². The maximum Gasteiger partial charge on any atom is 0.115 e. The largest absolute Gasteiger partial charge is 0.396 e. The van der Waals surface area contributed by atoms with E-state index in [1.807, 2.05) is 35.1 Å². The highest BCUT2D eigenvalue weighted by atomic mass is 79.9. The Balaban J connectivity index is 1.93. The molecule has 0 aliphatic heterocycles. The highest BCUT2D eigenvalue weighted by Gasteiger charge is 2.10. The number of halogens is 1. The standard InChI is InChI=1S/C17H16BrN3/c1-12-5-2-3-8-15(12)17-16(19)11-21(20-17)10-13-6-4-7-14(18)9-13/h2-9,11H,10,19H2,1H3. The quantitative estimate of drug-likeness (QED) is 0.773. The van der Waals surface area contributed by atoms with Crippen molar-refractivity contribution in [3.63, 3.8) is 0 Å². The summed E-state index contributed by atoms with van der Waals surface area (Å²) < 4.78 is 2.96. The summed E-state index contributed by atoms with van der Waals surface area (Å²) >= 11 is 3.49. The number of aromatic nitrogens is 2. The van der Waals surface area contributed by atoms with Crippen LogP contribution >= 0.6 is 15.9 Å². The Kier molecular flexibility index (Phi) is 3.80. The molecule has 0 saturated heterocycles. The van der Waals surface area contributed by atoms with Crippen molar-refractivity contribution in [2.24, 2.45) is 0 Å². The summed E-state index contributed by atoms with van der Waals surface area (Å²) in [5.41, 5.74) is 11.1. The summed E-state index contributed by atoms with van der Waals surface area (Å²) in [6.07, 6.45) is 1.89. The van der Waals surface area contributed by atoms with E-state index >= 15 is 0 Å². The Morgan fingerprint density at radius 3 is 2.71 bits per heavy atom. The molecule has 3 nitrogen and oxygen atoms in total. The fourth-order valence-corrected chi connectivity index (χ4v) is 2.83. The number of benzene rings is 2. The maximum absolute atomic E-state index is 6.13. The minimum absolute atomic E-state index is 0.704. The van der Waals surface area contributed by atoms with Crippen LogP contribution in [0.2, 0.25) is 0 Å². The number of hydrogen-bond donors (Lipinski definition) is 1. The molecule has 21 heavy (non-hydrogen) atoms. The Bertz CT molecular complexity index is 777. The van der Waals surface area contributed by atoms with Crippen LogP contribution in [0.5, 0.6) is 0 Å². The summed E-state index contributed by atoms with van der Waals surface area (Å²) in [7, 11) is 0. The fourth-order valence-electron chi connectivity index (χ4n) is 2.39. The SMILES string of the molecule is Cc1ccccc1-c1nn(Cc2cccc(Br)c2)cc1N. The minimum Gasteiger partial charge on any atom is -0.396 e. The smallest absolute Gasteiger partial charge is 0.115 e. The van der Waals surface area contributed by atoms with Gasteiger partial charge in [-0.15, -0.1) is 0 Å². The van der Waals surface area contributed by atoms with Crippen molar-refractivity contribution in [2.75, 3.05) is 5.73 Å². The van der Waals surface area contributed by atoms with E-state index < -0.39 is 0 Å². The van der Waals surface area contributed by atoms with Gasteiger partial charge in [0, 0.05) is 16.2 Å². The molecule has 0 amide bonds. The van der Waals surface area contributed by atoms with E-state index in [-0.39, 0.29) is 0 Å². The molecule has 4 heteroatoms. The van der Waals surface area contributed by atoms with Crippen molar-refractivity contribution in [3.05, 3.63) is 70.3 Å². The van der Waals surface area contributed by atoms with Gasteiger partial charge in [-0.25, -0.2) is 0 Å². The van der Waals surface area contributed by atoms with E-state index in [9.17, 15) is 0 Å². The van der Waals surface area contributed by atoms with E-state index in [2.05, 4.69) is 52.2 Å². The first-order valence-electron chi connectivity index (χ1n) is 6.77. The Morgan fingerprint density at radius 2 is 1.95 bits per heavy atom. The number of nitrogen functional groups attached to an aromatic ring is 1. The van der Waals surface area contributed by atoms with Crippen LogP contribution in [0.25, 0.3) is 11.3 Å². The summed E-state index contributed by atoms with van der Waals surface area (Å²) in [6.45, 7) is 2.78. The first-order chi connectivity index (χ1) is 10.1. The van der Waals surface area contributed by atoms with Crippen LogP contribution in [-0.4, -0.2) is 9.78 Å². The summed E-state index contributed by atoms with van der Waals surface area (Å²) in [5, 5.41) is 4.64. The van der Waals surface area contributed by atoms with Gasteiger partial charge in [-0.2, -0.15) is 5.10 Å². The van der Waals surface area contributed by atoms with E-state index in [4.69, 9.17) is 5.73 Å². The Morgan fingerprint density at radius 1 is 1.14 bits per heavy atom. The zero-order valence-electron chi connectivity index (χ0n) is 11.8. The van der Waals surface area contributed by atoms with Crippen LogP contribution < -0.4 is 5.73 Å². The van der Waals surface area contributed by atoms with Crippen LogP contribution in [0.1, 0.15) is 11.1 Å². The molecule has 0 atom stereocenters. The summed E-state index contributed by atoms with van der Waals surface area (Å²) in [4.78, 5) is 0. The first-order valence-corrected chi connectivity index (χ1v) is 7.56. The normalized spacial score (nSPS) is 10.8. The lowest BCUT2D eigenvalue weighted by Gasteiger charge is -2.04. The lowest BCUT2D eigenvalue weighted by Crippen LogP contribution is -2.00. The predicted octanol–water partition coefficient (Wildman–Crippen LogP) is 4.25. The van der Waals surface area contributed by atoms with E-state index in [0.29, 0.717) is 12.2 Å². The van der Waals surface area contributed by atoms with Crippen molar-refractivity contribution in [2.45, 2.75) is 13.5 Å². The lowest BCUT2D eigenvalue weighted by atomic mass is 10.1. The van der Waals surface area contributed by atoms with Gasteiger partial charge in [-0.3, -0.25) is 4.68 Å². The molecule has 0 fully saturated rings. The highest BCUT2D eigenvalue weighted by molar-refractivity contribution is 9.10. The first kappa shape index (κ1) is 13.9. The van der Waals surface area contributed by atoms with Crippen LogP contribution in [0, 0.1) is 6.92 Å². The average Bonchev–Trinajstić information content (AvgIpc) is 2.80. The second-order valence-corrected chi connectivity index (χ2v) is 5.99. The third-order valence-electron chi connectivity index (χ3n) is 3.42.